The second kappa shape index (κ2) is 7.05. The number of hydrogen-bond acceptors (Lipinski definition) is 3. The molecule has 1 aliphatic carbocycles. The molecule has 1 aliphatic rings. The fraction of sp³-hybridized carbons (Fsp3) is 0.368. The van der Waals surface area contributed by atoms with E-state index < -0.39 is 12.2 Å². The van der Waals surface area contributed by atoms with Crippen LogP contribution in [0.4, 0.5) is 0 Å². The lowest BCUT2D eigenvalue weighted by molar-refractivity contribution is -0.00552. The highest BCUT2D eigenvalue weighted by molar-refractivity contribution is 5.17. The first-order valence-corrected chi connectivity index (χ1v) is 7.92. The van der Waals surface area contributed by atoms with Gasteiger partial charge in [-0.05, 0) is 24.0 Å². The molecular weight excluding hydrogens is 274 g/mol. The molecule has 116 valence electrons. The zero-order chi connectivity index (χ0) is 15.4. The van der Waals surface area contributed by atoms with Crippen LogP contribution in [0, 0.1) is 0 Å². The Morgan fingerprint density at radius 3 is 1.68 bits per heavy atom. The summed E-state index contributed by atoms with van der Waals surface area (Å²) in [6.07, 6.45) is 0.250. The van der Waals surface area contributed by atoms with Crippen LogP contribution in [-0.2, 0) is 13.1 Å². The summed E-state index contributed by atoms with van der Waals surface area (Å²) < 4.78 is 0. The van der Waals surface area contributed by atoms with Crippen LogP contribution < -0.4 is 0 Å². The first kappa shape index (κ1) is 15.2. The van der Waals surface area contributed by atoms with Gasteiger partial charge in [0, 0.05) is 19.1 Å². The lowest BCUT2D eigenvalue weighted by Crippen LogP contribution is -2.42. The van der Waals surface area contributed by atoms with Gasteiger partial charge >= 0.3 is 0 Å². The minimum absolute atomic E-state index is 0.00964. The third-order valence-electron chi connectivity index (χ3n) is 4.47. The molecule has 0 spiro atoms. The predicted molar refractivity (Wildman–Crippen MR) is 87.2 cm³/mol. The molecule has 2 N–H and O–H groups in total. The first-order valence-electron chi connectivity index (χ1n) is 7.92. The fourth-order valence-corrected chi connectivity index (χ4v) is 3.26. The minimum Gasteiger partial charge on any atom is -0.390 e. The summed E-state index contributed by atoms with van der Waals surface area (Å²) in [5, 5.41) is 20.2. The van der Waals surface area contributed by atoms with Gasteiger partial charge in [0.15, 0.2) is 0 Å². The van der Waals surface area contributed by atoms with Crippen LogP contribution in [0.1, 0.15) is 24.0 Å². The van der Waals surface area contributed by atoms with Gasteiger partial charge in [-0.2, -0.15) is 0 Å². The molecule has 2 aromatic rings. The monoisotopic (exact) mass is 297 g/mol. The van der Waals surface area contributed by atoms with Gasteiger partial charge in [-0.1, -0.05) is 60.7 Å². The number of benzene rings is 2. The lowest BCUT2D eigenvalue weighted by atomic mass is 10.1. The van der Waals surface area contributed by atoms with E-state index in [4.69, 9.17) is 0 Å². The fourth-order valence-electron chi connectivity index (χ4n) is 3.26. The van der Waals surface area contributed by atoms with E-state index in [9.17, 15) is 10.2 Å². The molecule has 0 radical (unpaired) electrons. The van der Waals surface area contributed by atoms with Gasteiger partial charge in [0.1, 0.15) is 0 Å². The van der Waals surface area contributed by atoms with Crippen LogP contribution in [0.15, 0.2) is 60.7 Å². The summed E-state index contributed by atoms with van der Waals surface area (Å²) in [6, 6.07) is 20.6. The lowest BCUT2D eigenvalue weighted by Gasteiger charge is -2.31. The topological polar surface area (TPSA) is 43.7 Å². The number of rotatable bonds is 5. The molecule has 1 fully saturated rings. The Hall–Kier alpha value is -1.68. The maximum atomic E-state index is 10.3. The van der Waals surface area contributed by atoms with E-state index in [1.54, 1.807) is 0 Å². The molecule has 2 aromatic carbocycles. The van der Waals surface area contributed by atoms with Gasteiger partial charge in [0.25, 0.3) is 0 Å². The van der Waals surface area contributed by atoms with Crippen LogP contribution in [0.3, 0.4) is 0 Å². The zero-order valence-electron chi connectivity index (χ0n) is 12.7. The highest BCUT2D eigenvalue weighted by Gasteiger charge is 2.37. The van der Waals surface area contributed by atoms with Crippen LogP contribution in [0.2, 0.25) is 0 Å². The molecule has 0 aliphatic heterocycles. The molecule has 0 amide bonds. The van der Waals surface area contributed by atoms with E-state index in [0.29, 0.717) is 6.42 Å². The van der Waals surface area contributed by atoms with Crippen molar-refractivity contribution in [1.82, 2.24) is 4.90 Å². The summed E-state index contributed by atoms with van der Waals surface area (Å²) >= 11 is 0. The molecule has 0 unspecified atom stereocenters. The van der Waals surface area contributed by atoms with E-state index in [1.807, 2.05) is 36.4 Å². The average Bonchev–Trinajstić information content (AvgIpc) is 2.88. The van der Waals surface area contributed by atoms with Gasteiger partial charge in [-0.15, -0.1) is 0 Å². The highest BCUT2D eigenvalue weighted by atomic mass is 16.3. The van der Waals surface area contributed by atoms with Crippen LogP contribution in [-0.4, -0.2) is 33.4 Å². The predicted octanol–water partition coefficient (Wildman–Crippen LogP) is 2.57. The molecule has 3 nitrogen and oxygen atoms in total. The third kappa shape index (κ3) is 3.55. The van der Waals surface area contributed by atoms with Crippen molar-refractivity contribution in [2.75, 3.05) is 0 Å². The summed E-state index contributed by atoms with van der Waals surface area (Å²) in [7, 11) is 0. The molecule has 1 saturated carbocycles. The Morgan fingerprint density at radius 2 is 1.27 bits per heavy atom. The van der Waals surface area contributed by atoms with Crippen LogP contribution in [0.25, 0.3) is 0 Å². The minimum atomic E-state index is -0.660. The van der Waals surface area contributed by atoms with Gasteiger partial charge in [-0.3, -0.25) is 4.90 Å². The molecule has 3 heteroatoms. The summed E-state index contributed by atoms with van der Waals surface area (Å²) in [5.41, 5.74) is 2.46. The van der Waals surface area contributed by atoms with Crippen molar-refractivity contribution in [2.24, 2.45) is 0 Å². The Bertz CT molecular complexity index is 531. The Labute approximate surface area is 131 Å². The Morgan fingerprint density at radius 1 is 0.773 bits per heavy atom. The van der Waals surface area contributed by atoms with Crippen LogP contribution in [0.5, 0.6) is 0 Å². The van der Waals surface area contributed by atoms with E-state index in [1.165, 1.54) is 11.1 Å². The van der Waals surface area contributed by atoms with E-state index in [0.717, 1.165) is 19.5 Å². The first-order chi connectivity index (χ1) is 10.7. The maximum absolute atomic E-state index is 10.3. The molecule has 22 heavy (non-hydrogen) atoms. The quantitative estimate of drug-likeness (QED) is 0.891. The molecule has 0 heterocycles. The van der Waals surface area contributed by atoms with Crippen molar-refractivity contribution < 1.29 is 10.2 Å². The van der Waals surface area contributed by atoms with E-state index in [-0.39, 0.29) is 6.04 Å². The molecule has 0 saturated heterocycles. The molecular formula is C19H23NO2. The Kier molecular flexibility index (Phi) is 4.88. The third-order valence-corrected chi connectivity index (χ3v) is 4.47. The van der Waals surface area contributed by atoms with Crippen molar-refractivity contribution in [3.8, 4) is 0 Å². The van der Waals surface area contributed by atoms with Gasteiger partial charge < -0.3 is 10.2 Å². The summed E-state index contributed by atoms with van der Waals surface area (Å²) in [4.78, 5) is 2.28. The Balaban J connectivity index is 1.79. The van der Waals surface area contributed by atoms with E-state index in [2.05, 4.69) is 29.2 Å². The maximum Gasteiger partial charge on any atom is 0.0954 e. The average molecular weight is 297 g/mol. The smallest absolute Gasteiger partial charge is 0.0954 e. The van der Waals surface area contributed by atoms with Crippen molar-refractivity contribution in [1.29, 1.82) is 0 Å². The van der Waals surface area contributed by atoms with Crippen LogP contribution >= 0.6 is 0 Å². The van der Waals surface area contributed by atoms with Gasteiger partial charge in [0.05, 0.1) is 12.2 Å². The van der Waals surface area contributed by atoms with Crippen molar-refractivity contribution in [2.45, 2.75) is 44.2 Å². The summed E-state index contributed by atoms with van der Waals surface area (Å²) in [5.74, 6) is 0. The van der Waals surface area contributed by atoms with Crippen molar-refractivity contribution >= 4 is 0 Å². The molecule has 0 bridgehead atoms. The highest BCUT2D eigenvalue weighted by Crippen LogP contribution is 2.27. The van der Waals surface area contributed by atoms with Gasteiger partial charge in [-0.25, -0.2) is 0 Å². The van der Waals surface area contributed by atoms with Crippen molar-refractivity contribution in [3.63, 3.8) is 0 Å². The number of nitrogens with zero attached hydrogens (tertiary/aromatic N) is 1. The molecule has 3 rings (SSSR count). The summed E-state index contributed by atoms with van der Waals surface area (Å²) in [6.45, 7) is 1.56. The molecule has 3 atom stereocenters. The SMILES string of the molecule is O[C@@H]1[C@H](N(Cc2ccccc2)Cc2ccccc2)CC[C@@H]1O. The van der Waals surface area contributed by atoms with Gasteiger partial charge in [0.2, 0.25) is 0 Å². The van der Waals surface area contributed by atoms with E-state index >= 15 is 0 Å². The number of aliphatic hydroxyl groups excluding tert-OH is 2. The number of aliphatic hydroxyl groups is 2. The largest absolute Gasteiger partial charge is 0.390 e. The molecule has 0 aromatic heterocycles. The second-order valence-corrected chi connectivity index (χ2v) is 6.08. The zero-order valence-corrected chi connectivity index (χ0v) is 12.7. The normalized spacial score (nSPS) is 24.8. The standard InChI is InChI=1S/C19H23NO2/c21-18-12-11-17(19(18)22)20(13-15-7-3-1-4-8-15)14-16-9-5-2-6-10-16/h1-10,17-19,21-22H,11-14H2/t17-,18+,19-/m1/s1. The number of hydrogen-bond donors (Lipinski definition) is 2. The van der Waals surface area contributed by atoms with Crippen molar-refractivity contribution in [3.05, 3.63) is 71.8 Å². The second-order valence-electron chi connectivity index (χ2n) is 6.08.